The Morgan fingerprint density at radius 1 is 1.30 bits per heavy atom. The lowest BCUT2D eigenvalue weighted by atomic mass is 10.2. The molecule has 30 heavy (non-hydrogen) atoms. The van der Waals surface area contributed by atoms with Gasteiger partial charge in [-0.2, -0.15) is 0 Å². The Morgan fingerprint density at radius 3 is 2.87 bits per heavy atom. The fourth-order valence-electron chi connectivity index (χ4n) is 3.87. The van der Waals surface area contributed by atoms with E-state index < -0.39 is 0 Å². The molecular formula is C22H37IN6O. The van der Waals surface area contributed by atoms with Gasteiger partial charge in [-0.1, -0.05) is 26.0 Å². The molecule has 1 aromatic carbocycles. The molecule has 1 aliphatic rings. The Morgan fingerprint density at radius 2 is 2.10 bits per heavy atom. The maximum absolute atomic E-state index is 5.93. The number of aliphatic imine (C=N–C) groups is 1. The van der Waals surface area contributed by atoms with E-state index in [4.69, 9.17) is 9.73 Å². The number of aryl methyl sites for hydroxylation is 1. The van der Waals surface area contributed by atoms with Crippen LogP contribution in [0.3, 0.4) is 0 Å². The standard InChI is InChI=1S/C22H36N6O.HI/c1-5-23-22(25-14-19-16-27(12-13-29-19)15-17(2)3)24-10-11-28-18(4)26-20-8-6-7-9-21(20)28;/h6-9,17,19H,5,10-16H2,1-4H3,(H2,23,24,25);1H. The molecular weight excluding hydrogens is 491 g/mol. The summed E-state index contributed by atoms with van der Waals surface area (Å²) in [6.45, 7) is 15.7. The molecule has 0 bridgehead atoms. The highest BCUT2D eigenvalue weighted by molar-refractivity contribution is 14.0. The number of fused-ring (bicyclic) bond motifs is 1. The van der Waals surface area contributed by atoms with E-state index >= 15 is 0 Å². The van der Waals surface area contributed by atoms with E-state index in [1.807, 2.05) is 6.07 Å². The summed E-state index contributed by atoms with van der Waals surface area (Å²) in [7, 11) is 0. The Kier molecular flexibility index (Phi) is 10.3. The van der Waals surface area contributed by atoms with Crippen molar-refractivity contribution in [2.75, 3.05) is 45.9 Å². The number of rotatable bonds is 8. The third-order valence-electron chi connectivity index (χ3n) is 5.12. The SMILES string of the molecule is CCNC(=NCC1CN(CC(C)C)CCO1)NCCn1c(C)nc2ccccc21.I. The van der Waals surface area contributed by atoms with Crippen molar-refractivity contribution in [2.45, 2.75) is 40.3 Å². The first-order chi connectivity index (χ1) is 14.1. The number of para-hydroxylation sites is 2. The van der Waals surface area contributed by atoms with E-state index in [1.165, 1.54) is 5.52 Å². The first kappa shape index (κ1) is 24.9. The molecule has 0 spiro atoms. The summed E-state index contributed by atoms with van der Waals surface area (Å²) in [4.78, 5) is 11.9. The molecule has 1 aliphatic heterocycles. The summed E-state index contributed by atoms with van der Waals surface area (Å²) in [5, 5.41) is 6.80. The second-order valence-electron chi connectivity index (χ2n) is 8.09. The third kappa shape index (κ3) is 7.09. The van der Waals surface area contributed by atoms with Crippen LogP contribution in [0.25, 0.3) is 11.0 Å². The van der Waals surface area contributed by atoms with Crippen LogP contribution in [0.4, 0.5) is 0 Å². The minimum absolute atomic E-state index is 0. The molecule has 2 N–H and O–H groups in total. The smallest absolute Gasteiger partial charge is 0.191 e. The van der Waals surface area contributed by atoms with Gasteiger partial charge in [0.2, 0.25) is 0 Å². The van der Waals surface area contributed by atoms with Crippen molar-refractivity contribution in [2.24, 2.45) is 10.9 Å². The Hall–Kier alpha value is -1.39. The topological polar surface area (TPSA) is 66.7 Å². The number of morpholine rings is 1. The first-order valence-corrected chi connectivity index (χ1v) is 10.8. The summed E-state index contributed by atoms with van der Waals surface area (Å²) in [6.07, 6.45) is 0.165. The van der Waals surface area contributed by atoms with Crippen molar-refractivity contribution in [3.63, 3.8) is 0 Å². The largest absolute Gasteiger partial charge is 0.374 e. The molecule has 0 amide bonds. The molecule has 1 atom stereocenters. The summed E-state index contributed by atoms with van der Waals surface area (Å²) in [5.41, 5.74) is 2.22. The fourth-order valence-corrected chi connectivity index (χ4v) is 3.87. The Balaban J connectivity index is 0.00000320. The molecule has 168 valence electrons. The number of ether oxygens (including phenoxy) is 1. The predicted octanol–water partition coefficient (Wildman–Crippen LogP) is 2.87. The Labute approximate surface area is 197 Å². The number of aromatic nitrogens is 2. The van der Waals surface area contributed by atoms with Gasteiger partial charge in [-0.3, -0.25) is 9.89 Å². The van der Waals surface area contributed by atoms with Gasteiger partial charge in [0.05, 0.1) is 30.3 Å². The quantitative estimate of drug-likeness (QED) is 0.314. The van der Waals surface area contributed by atoms with Crippen LogP contribution >= 0.6 is 24.0 Å². The van der Waals surface area contributed by atoms with E-state index in [-0.39, 0.29) is 30.1 Å². The number of hydrogen-bond acceptors (Lipinski definition) is 4. The van der Waals surface area contributed by atoms with E-state index in [0.717, 1.165) is 63.2 Å². The van der Waals surface area contributed by atoms with Crippen LogP contribution in [-0.2, 0) is 11.3 Å². The number of halogens is 1. The maximum atomic E-state index is 5.93. The van der Waals surface area contributed by atoms with Crippen LogP contribution in [0.5, 0.6) is 0 Å². The van der Waals surface area contributed by atoms with E-state index in [1.54, 1.807) is 0 Å². The summed E-state index contributed by atoms with van der Waals surface area (Å²) < 4.78 is 8.18. The van der Waals surface area contributed by atoms with E-state index in [0.29, 0.717) is 12.5 Å². The molecule has 2 heterocycles. The molecule has 1 unspecified atom stereocenters. The fraction of sp³-hybridized carbons (Fsp3) is 0.636. The lowest BCUT2D eigenvalue weighted by Crippen LogP contribution is -2.46. The van der Waals surface area contributed by atoms with Crippen LogP contribution in [0.1, 0.15) is 26.6 Å². The van der Waals surface area contributed by atoms with Crippen molar-refractivity contribution in [1.29, 1.82) is 0 Å². The normalized spacial score (nSPS) is 17.9. The van der Waals surface area contributed by atoms with Gasteiger partial charge in [0.25, 0.3) is 0 Å². The zero-order chi connectivity index (χ0) is 20.6. The van der Waals surface area contributed by atoms with Crippen molar-refractivity contribution >= 4 is 41.0 Å². The van der Waals surface area contributed by atoms with Crippen LogP contribution in [0, 0.1) is 12.8 Å². The second kappa shape index (κ2) is 12.5. The van der Waals surface area contributed by atoms with Gasteiger partial charge in [-0.15, -0.1) is 24.0 Å². The highest BCUT2D eigenvalue weighted by Gasteiger charge is 2.20. The molecule has 1 saturated heterocycles. The number of hydrogen-bond donors (Lipinski definition) is 2. The van der Waals surface area contributed by atoms with Crippen molar-refractivity contribution in [3.05, 3.63) is 30.1 Å². The average molecular weight is 528 g/mol. The average Bonchev–Trinajstić information content (AvgIpc) is 3.01. The number of nitrogens with zero attached hydrogens (tertiary/aromatic N) is 4. The molecule has 1 fully saturated rings. The zero-order valence-electron chi connectivity index (χ0n) is 18.7. The van der Waals surface area contributed by atoms with Gasteiger partial charge in [-0.05, 0) is 31.9 Å². The van der Waals surface area contributed by atoms with Crippen molar-refractivity contribution in [1.82, 2.24) is 25.1 Å². The molecule has 0 aliphatic carbocycles. The number of imidazole rings is 1. The summed E-state index contributed by atoms with van der Waals surface area (Å²) in [6, 6.07) is 8.27. The van der Waals surface area contributed by atoms with Crippen LogP contribution in [-0.4, -0.2) is 72.4 Å². The van der Waals surface area contributed by atoms with Crippen LogP contribution in [0.15, 0.2) is 29.3 Å². The van der Waals surface area contributed by atoms with E-state index in [9.17, 15) is 0 Å². The lowest BCUT2D eigenvalue weighted by Gasteiger charge is -2.33. The monoisotopic (exact) mass is 528 g/mol. The third-order valence-corrected chi connectivity index (χ3v) is 5.12. The summed E-state index contributed by atoms with van der Waals surface area (Å²) >= 11 is 0. The van der Waals surface area contributed by atoms with Gasteiger partial charge in [0, 0.05) is 39.3 Å². The van der Waals surface area contributed by atoms with Gasteiger partial charge >= 0.3 is 0 Å². The second-order valence-corrected chi connectivity index (χ2v) is 8.09. The molecule has 7 nitrogen and oxygen atoms in total. The van der Waals surface area contributed by atoms with Gasteiger partial charge in [-0.25, -0.2) is 4.98 Å². The van der Waals surface area contributed by atoms with Crippen LogP contribution in [0.2, 0.25) is 0 Å². The molecule has 0 saturated carbocycles. The lowest BCUT2D eigenvalue weighted by molar-refractivity contribution is -0.0261. The van der Waals surface area contributed by atoms with Gasteiger partial charge in [0.15, 0.2) is 5.96 Å². The molecule has 2 aromatic rings. The van der Waals surface area contributed by atoms with Gasteiger partial charge < -0.3 is 19.9 Å². The zero-order valence-corrected chi connectivity index (χ0v) is 21.1. The first-order valence-electron chi connectivity index (χ1n) is 10.8. The highest BCUT2D eigenvalue weighted by atomic mass is 127. The molecule has 0 radical (unpaired) electrons. The minimum atomic E-state index is 0. The molecule has 1 aromatic heterocycles. The van der Waals surface area contributed by atoms with Crippen molar-refractivity contribution < 1.29 is 4.74 Å². The number of benzene rings is 1. The van der Waals surface area contributed by atoms with E-state index in [2.05, 4.69) is 71.0 Å². The minimum Gasteiger partial charge on any atom is -0.374 e. The Bertz CT molecular complexity index is 806. The van der Waals surface area contributed by atoms with Gasteiger partial charge in [0.1, 0.15) is 5.82 Å². The predicted molar refractivity (Wildman–Crippen MR) is 135 cm³/mol. The maximum Gasteiger partial charge on any atom is 0.191 e. The van der Waals surface area contributed by atoms with Crippen LogP contribution < -0.4 is 10.6 Å². The summed E-state index contributed by atoms with van der Waals surface area (Å²) in [5.74, 6) is 2.56. The van der Waals surface area contributed by atoms with Crippen molar-refractivity contribution in [3.8, 4) is 0 Å². The molecule has 3 rings (SSSR count). The molecule has 8 heteroatoms. The number of nitrogens with one attached hydrogen (secondary N) is 2. The highest BCUT2D eigenvalue weighted by Crippen LogP contribution is 2.14. The number of guanidine groups is 1.